The fourth-order valence-electron chi connectivity index (χ4n) is 1.21. The third-order valence-corrected chi connectivity index (χ3v) is 1.79. The minimum Gasteiger partial charge on any atom is -0.438 e. The van der Waals surface area contributed by atoms with E-state index < -0.39 is 0 Å². The SMILES string of the molecule is COCOC(=O)C1[CH]CCC1. The average molecular weight is 157 g/mol. The standard InChI is InChI=1S/C8H13O3/c1-10-6-11-8(9)7-4-2-3-5-7/h4,7H,2-3,5-6H2,1H3. The summed E-state index contributed by atoms with van der Waals surface area (Å²) in [6.45, 7) is 0.0726. The molecule has 1 saturated carbocycles. The Morgan fingerprint density at radius 2 is 2.55 bits per heavy atom. The lowest BCUT2D eigenvalue weighted by molar-refractivity contribution is -0.157. The smallest absolute Gasteiger partial charge is 0.311 e. The zero-order valence-electron chi connectivity index (χ0n) is 6.71. The van der Waals surface area contributed by atoms with Crippen molar-refractivity contribution in [2.24, 2.45) is 5.92 Å². The van der Waals surface area contributed by atoms with Gasteiger partial charge in [0.1, 0.15) is 0 Å². The zero-order chi connectivity index (χ0) is 8.10. The number of carbonyl (C=O) groups excluding carboxylic acids is 1. The van der Waals surface area contributed by atoms with Crippen molar-refractivity contribution in [1.29, 1.82) is 0 Å². The quantitative estimate of drug-likeness (QED) is 0.455. The normalized spacial score (nSPS) is 18.6. The van der Waals surface area contributed by atoms with E-state index in [-0.39, 0.29) is 18.7 Å². The van der Waals surface area contributed by atoms with Crippen LogP contribution in [0.3, 0.4) is 0 Å². The summed E-state index contributed by atoms with van der Waals surface area (Å²) < 4.78 is 9.40. The first-order valence-electron chi connectivity index (χ1n) is 3.83. The Bertz CT molecular complexity index is 127. The molecule has 1 radical (unpaired) electrons. The lowest BCUT2D eigenvalue weighted by Gasteiger charge is -2.07. The van der Waals surface area contributed by atoms with Crippen LogP contribution < -0.4 is 0 Å². The second-order valence-electron chi connectivity index (χ2n) is 2.64. The Morgan fingerprint density at radius 1 is 1.73 bits per heavy atom. The van der Waals surface area contributed by atoms with Crippen molar-refractivity contribution >= 4 is 5.97 Å². The summed E-state index contributed by atoms with van der Waals surface area (Å²) in [5, 5.41) is 0. The van der Waals surface area contributed by atoms with Gasteiger partial charge in [-0.05, 0) is 19.3 Å². The fourth-order valence-corrected chi connectivity index (χ4v) is 1.21. The van der Waals surface area contributed by atoms with E-state index in [1.807, 2.05) is 6.42 Å². The van der Waals surface area contributed by atoms with E-state index >= 15 is 0 Å². The second-order valence-corrected chi connectivity index (χ2v) is 2.64. The first kappa shape index (κ1) is 8.53. The highest BCUT2D eigenvalue weighted by Gasteiger charge is 2.23. The molecule has 0 amide bonds. The lowest BCUT2D eigenvalue weighted by atomic mass is 10.1. The number of ether oxygens (including phenoxy) is 2. The van der Waals surface area contributed by atoms with Crippen molar-refractivity contribution in [3.8, 4) is 0 Å². The van der Waals surface area contributed by atoms with Gasteiger partial charge < -0.3 is 9.47 Å². The molecule has 0 saturated heterocycles. The number of esters is 1. The van der Waals surface area contributed by atoms with E-state index in [1.165, 1.54) is 7.11 Å². The Kier molecular flexibility index (Phi) is 3.36. The van der Waals surface area contributed by atoms with E-state index in [9.17, 15) is 4.79 Å². The molecule has 1 unspecified atom stereocenters. The maximum atomic E-state index is 11.1. The van der Waals surface area contributed by atoms with Crippen molar-refractivity contribution in [1.82, 2.24) is 0 Å². The monoisotopic (exact) mass is 157 g/mol. The molecule has 0 spiro atoms. The highest BCUT2D eigenvalue weighted by atomic mass is 16.7. The van der Waals surface area contributed by atoms with E-state index in [2.05, 4.69) is 4.74 Å². The highest BCUT2D eigenvalue weighted by molar-refractivity contribution is 5.74. The van der Waals surface area contributed by atoms with Crippen LogP contribution in [0.15, 0.2) is 0 Å². The number of rotatable bonds is 3. The van der Waals surface area contributed by atoms with Crippen molar-refractivity contribution < 1.29 is 14.3 Å². The first-order valence-corrected chi connectivity index (χ1v) is 3.83. The molecular formula is C8H13O3. The van der Waals surface area contributed by atoms with Gasteiger partial charge >= 0.3 is 5.97 Å². The van der Waals surface area contributed by atoms with Crippen molar-refractivity contribution in [2.45, 2.75) is 19.3 Å². The molecule has 1 fully saturated rings. The Hall–Kier alpha value is -0.570. The first-order chi connectivity index (χ1) is 5.34. The Labute approximate surface area is 66.7 Å². The van der Waals surface area contributed by atoms with E-state index in [4.69, 9.17) is 4.74 Å². The van der Waals surface area contributed by atoms with Gasteiger partial charge in [0.25, 0.3) is 0 Å². The molecule has 1 rings (SSSR count). The zero-order valence-corrected chi connectivity index (χ0v) is 6.71. The topological polar surface area (TPSA) is 35.5 Å². The van der Waals surface area contributed by atoms with E-state index in [0.29, 0.717) is 0 Å². The summed E-state index contributed by atoms with van der Waals surface area (Å²) in [6, 6.07) is 0. The molecule has 1 aliphatic carbocycles. The van der Waals surface area contributed by atoms with Gasteiger partial charge in [0.15, 0.2) is 6.79 Å². The third kappa shape index (κ3) is 2.50. The second kappa shape index (κ2) is 4.34. The molecule has 1 atom stereocenters. The number of hydrogen-bond acceptors (Lipinski definition) is 3. The van der Waals surface area contributed by atoms with Crippen molar-refractivity contribution in [3.05, 3.63) is 6.42 Å². The molecule has 0 aromatic rings. The summed E-state index contributed by atoms with van der Waals surface area (Å²) in [4.78, 5) is 11.1. The highest BCUT2D eigenvalue weighted by Crippen LogP contribution is 2.24. The van der Waals surface area contributed by atoms with Crippen LogP contribution in [-0.4, -0.2) is 19.9 Å². The minimum absolute atomic E-state index is 0.0187. The van der Waals surface area contributed by atoms with Gasteiger partial charge in [0, 0.05) is 7.11 Å². The van der Waals surface area contributed by atoms with E-state index in [0.717, 1.165) is 19.3 Å². The molecule has 3 heteroatoms. The number of hydrogen-bond donors (Lipinski definition) is 0. The predicted molar refractivity (Wildman–Crippen MR) is 39.6 cm³/mol. The van der Waals surface area contributed by atoms with Crippen LogP contribution in [0.4, 0.5) is 0 Å². The third-order valence-electron chi connectivity index (χ3n) is 1.79. The summed E-state index contributed by atoms with van der Waals surface area (Å²) in [7, 11) is 1.51. The molecule has 0 heterocycles. The van der Waals surface area contributed by atoms with Crippen LogP contribution in [0.5, 0.6) is 0 Å². The summed E-state index contributed by atoms with van der Waals surface area (Å²) in [6.07, 6.45) is 5.08. The number of methoxy groups -OCH3 is 1. The van der Waals surface area contributed by atoms with Crippen LogP contribution in [0.25, 0.3) is 0 Å². The summed E-state index contributed by atoms with van der Waals surface area (Å²) >= 11 is 0. The molecule has 0 aromatic heterocycles. The molecule has 3 nitrogen and oxygen atoms in total. The van der Waals surface area contributed by atoms with Gasteiger partial charge in [-0.2, -0.15) is 0 Å². The molecule has 0 N–H and O–H groups in total. The van der Waals surface area contributed by atoms with Crippen LogP contribution in [-0.2, 0) is 14.3 Å². The van der Waals surface area contributed by atoms with Gasteiger partial charge in [-0.25, -0.2) is 0 Å². The average Bonchev–Trinajstić information content (AvgIpc) is 2.52. The molecule has 63 valence electrons. The minimum atomic E-state index is -0.149. The van der Waals surface area contributed by atoms with Crippen LogP contribution in [0.1, 0.15) is 19.3 Å². The van der Waals surface area contributed by atoms with Crippen LogP contribution in [0, 0.1) is 12.3 Å². The van der Waals surface area contributed by atoms with Gasteiger partial charge in [-0.1, -0.05) is 6.42 Å². The van der Waals surface area contributed by atoms with Crippen molar-refractivity contribution in [3.63, 3.8) is 0 Å². The molecule has 0 bridgehead atoms. The Morgan fingerprint density at radius 3 is 3.09 bits per heavy atom. The van der Waals surface area contributed by atoms with Gasteiger partial charge in [0.2, 0.25) is 0 Å². The molecule has 0 aromatic carbocycles. The van der Waals surface area contributed by atoms with Crippen LogP contribution >= 0.6 is 0 Å². The molecule has 1 aliphatic rings. The van der Waals surface area contributed by atoms with Gasteiger partial charge in [0.05, 0.1) is 5.92 Å². The molecule has 0 aliphatic heterocycles. The lowest BCUT2D eigenvalue weighted by Crippen LogP contribution is -2.16. The van der Waals surface area contributed by atoms with Gasteiger partial charge in [-0.3, -0.25) is 4.79 Å². The summed E-state index contributed by atoms with van der Waals surface area (Å²) in [5.41, 5.74) is 0. The van der Waals surface area contributed by atoms with Crippen LogP contribution in [0.2, 0.25) is 0 Å². The van der Waals surface area contributed by atoms with E-state index in [1.54, 1.807) is 0 Å². The molecular weight excluding hydrogens is 144 g/mol. The van der Waals surface area contributed by atoms with Gasteiger partial charge in [-0.15, -0.1) is 0 Å². The summed E-state index contributed by atoms with van der Waals surface area (Å²) in [5.74, 6) is -0.130. The largest absolute Gasteiger partial charge is 0.438 e. The predicted octanol–water partition coefficient (Wildman–Crippen LogP) is 1.14. The Balaban J connectivity index is 2.17. The van der Waals surface area contributed by atoms with Crippen molar-refractivity contribution in [2.75, 3.05) is 13.9 Å². The fraction of sp³-hybridized carbons (Fsp3) is 0.750. The maximum Gasteiger partial charge on any atom is 0.311 e. The maximum absolute atomic E-state index is 11.1. The molecule has 11 heavy (non-hydrogen) atoms. The number of carbonyl (C=O) groups is 1.